The summed E-state index contributed by atoms with van der Waals surface area (Å²) >= 11 is 3.28. The van der Waals surface area contributed by atoms with E-state index in [0.717, 1.165) is 10.2 Å². The summed E-state index contributed by atoms with van der Waals surface area (Å²) in [4.78, 5) is 26.4. The van der Waals surface area contributed by atoms with Gasteiger partial charge in [0.1, 0.15) is 5.82 Å². The number of hydrogen-bond donors (Lipinski definition) is 1. The number of rotatable bonds is 2. The van der Waals surface area contributed by atoms with Crippen molar-refractivity contribution in [1.82, 2.24) is 4.98 Å². The molecule has 5 nitrogen and oxygen atoms in total. The van der Waals surface area contributed by atoms with E-state index in [4.69, 9.17) is 0 Å². The van der Waals surface area contributed by atoms with Gasteiger partial charge in [-0.2, -0.15) is 0 Å². The number of esters is 1. The second-order valence-corrected chi connectivity index (χ2v) is 3.79. The lowest BCUT2D eigenvalue weighted by Gasteiger charge is -2.05. The second kappa shape index (κ2) is 5.60. The molecule has 0 aliphatic rings. The maximum absolute atomic E-state index is 11.3. The molecule has 6 heteroatoms. The van der Waals surface area contributed by atoms with Gasteiger partial charge in [0.05, 0.1) is 12.3 Å². The van der Waals surface area contributed by atoms with E-state index in [2.05, 4.69) is 31.0 Å². The number of halogens is 1. The van der Waals surface area contributed by atoms with Crippen LogP contribution in [-0.4, -0.2) is 23.5 Å². The number of ether oxygens (including phenoxy) is 1. The molecule has 0 saturated heterocycles. The Bertz CT molecular complexity index is 421. The van der Waals surface area contributed by atoms with Gasteiger partial charge in [0.25, 0.3) is 0 Å². The zero-order chi connectivity index (χ0) is 12.1. The average Bonchev–Trinajstić information content (AvgIpc) is 2.24. The number of aryl methyl sites for hydroxylation is 1. The van der Waals surface area contributed by atoms with Crippen LogP contribution in [-0.2, 0) is 14.3 Å². The number of nitrogens with zero attached hydrogens (tertiary/aromatic N) is 1. The zero-order valence-electron chi connectivity index (χ0n) is 8.91. The van der Waals surface area contributed by atoms with Crippen molar-refractivity contribution >= 4 is 33.6 Å². The van der Waals surface area contributed by atoms with E-state index >= 15 is 0 Å². The van der Waals surface area contributed by atoms with Crippen molar-refractivity contribution in [3.63, 3.8) is 0 Å². The molecule has 1 N–H and O–H groups in total. The molecule has 1 heterocycles. The highest BCUT2D eigenvalue weighted by Crippen LogP contribution is 2.15. The predicted octanol–water partition coefficient (Wildman–Crippen LogP) is 1.65. The minimum Gasteiger partial charge on any atom is -0.459 e. The highest BCUT2D eigenvalue weighted by atomic mass is 79.9. The van der Waals surface area contributed by atoms with Gasteiger partial charge in [-0.1, -0.05) is 0 Å². The summed E-state index contributed by atoms with van der Waals surface area (Å²) in [6.45, 7) is 3.58. The molecule has 0 saturated carbocycles. The predicted molar refractivity (Wildman–Crippen MR) is 61.9 cm³/mol. The van der Waals surface area contributed by atoms with Gasteiger partial charge < -0.3 is 10.1 Å². The number of amides is 1. The molecule has 1 amide bonds. The molecule has 0 fully saturated rings. The number of carbonyl (C=O) groups excluding carboxylic acids is 2. The van der Waals surface area contributed by atoms with Crippen LogP contribution in [0.2, 0.25) is 0 Å². The van der Waals surface area contributed by atoms with Crippen molar-refractivity contribution < 1.29 is 14.3 Å². The molecule has 0 spiro atoms. The van der Waals surface area contributed by atoms with Crippen molar-refractivity contribution in [3.05, 3.63) is 22.3 Å². The average molecular weight is 287 g/mol. The van der Waals surface area contributed by atoms with Crippen LogP contribution in [0.25, 0.3) is 0 Å². The van der Waals surface area contributed by atoms with Gasteiger partial charge in [-0.05, 0) is 41.9 Å². The smallest absolute Gasteiger partial charge is 0.397 e. The Morgan fingerprint density at radius 3 is 2.75 bits per heavy atom. The highest BCUT2D eigenvalue weighted by molar-refractivity contribution is 9.10. The number of pyridine rings is 1. The second-order valence-electron chi connectivity index (χ2n) is 2.94. The van der Waals surface area contributed by atoms with Crippen LogP contribution in [0.5, 0.6) is 0 Å². The molecule has 0 aliphatic carbocycles. The van der Waals surface area contributed by atoms with E-state index < -0.39 is 11.9 Å². The summed E-state index contributed by atoms with van der Waals surface area (Å²) in [7, 11) is 0. The van der Waals surface area contributed by atoms with Crippen molar-refractivity contribution in [2.45, 2.75) is 13.8 Å². The topological polar surface area (TPSA) is 68.3 Å². The van der Waals surface area contributed by atoms with Gasteiger partial charge in [-0.3, -0.25) is 4.79 Å². The first-order chi connectivity index (χ1) is 7.54. The zero-order valence-corrected chi connectivity index (χ0v) is 10.5. The summed E-state index contributed by atoms with van der Waals surface area (Å²) in [5.74, 6) is -1.42. The fourth-order valence-electron chi connectivity index (χ4n) is 0.978. The lowest BCUT2D eigenvalue weighted by atomic mass is 10.3. The third-order valence-corrected chi connectivity index (χ3v) is 2.56. The Kier molecular flexibility index (Phi) is 4.42. The molecular formula is C10H11BrN2O3. The standard InChI is InChI=1S/C10H11BrN2O3/c1-3-16-10(15)9(14)13-8-5-4-7(11)6(2)12-8/h4-5H,3H2,1-2H3,(H,12,13,14). The molecule has 0 radical (unpaired) electrons. The van der Waals surface area contributed by atoms with Gasteiger partial charge in [0.15, 0.2) is 0 Å². The number of aromatic nitrogens is 1. The maximum Gasteiger partial charge on any atom is 0.397 e. The molecule has 1 aromatic rings. The van der Waals surface area contributed by atoms with E-state index in [0.29, 0.717) is 5.82 Å². The molecule has 1 rings (SSSR count). The van der Waals surface area contributed by atoms with Crippen LogP contribution in [0.15, 0.2) is 16.6 Å². The summed E-state index contributed by atoms with van der Waals surface area (Å²) < 4.78 is 5.38. The van der Waals surface area contributed by atoms with Crippen LogP contribution in [0.4, 0.5) is 5.82 Å². The Hall–Kier alpha value is -1.43. The van der Waals surface area contributed by atoms with Crippen molar-refractivity contribution in [3.8, 4) is 0 Å². The summed E-state index contributed by atoms with van der Waals surface area (Å²) in [6, 6.07) is 3.33. The minimum atomic E-state index is -0.912. The quantitative estimate of drug-likeness (QED) is 0.663. The van der Waals surface area contributed by atoms with Gasteiger partial charge in [0, 0.05) is 4.47 Å². The van der Waals surface area contributed by atoms with E-state index in [1.54, 1.807) is 26.0 Å². The Morgan fingerprint density at radius 2 is 2.19 bits per heavy atom. The van der Waals surface area contributed by atoms with Crippen molar-refractivity contribution in [2.24, 2.45) is 0 Å². The molecule has 0 atom stereocenters. The maximum atomic E-state index is 11.3. The highest BCUT2D eigenvalue weighted by Gasteiger charge is 2.15. The van der Waals surface area contributed by atoms with E-state index in [1.165, 1.54) is 0 Å². The van der Waals surface area contributed by atoms with Crippen LogP contribution < -0.4 is 5.32 Å². The van der Waals surface area contributed by atoms with Crippen LogP contribution >= 0.6 is 15.9 Å². The summed E-state index contributed by atoms with van der Waals surface area (Å²) in [5, 5.41) is 2.35. The Morgan fingerprint density at radius 1 is 1.50 bits per heavy atom. The first-order valence-electron chi connectivity index (χ1n) is 4.66. The van der Waals surface area contributed by atoms with Crippen LogP contribution in [0.1, 0.15) is 12.6 Å². The van der Waals surface area contributed by atoms with E-state index in [-0.39, 0.29) is 6.61 Å². The largest absolute Gasteiger partial charge is 0.459 e. The van der Waals surface area contributed by atoms with Crippen LogP contribution in [0, 0.1) is 6.92 Å². The van der Waals surface area contributed by atoms with E-state index in [1.807, 2.05) is 0 Å². The number of hydrogen-bond acceptors (Lipinski definition) is 4. The molecule has 86 valence electrons. The van der Waals surface area contributed by atoms with E-state index in [9.17, 15) is 9.59 Å². The molecule has 0 aliphatic heterocycles. The van der Waals surface area contributed by atoms with Crippen LogP contribution in [0.3, 0.4) is 0 Å². The molecule has 16 heavy (non-hydrogen) atoms. The minimum absolute atomic E-state index is 0.166. The Labute approximate surface area is 101 Å². The molecule has 0 bridgehead atoms. The molecule has 0 unspecified atom stereocenters. The monoisotopic (exact) mass is 286 g/mol. The lowest BCUT2D eigenvalue weighted by Crippen LogP contribution is -2.25. The van der Waals surface area contributed by atoms with Gasteiger partial charge in [-0.15, -0.1) is 0 Å². The molecule has 0 aromatic carbocycles. The third kappa shape index (κ3) is 3.30. The summed E-state index contributed by atoms with van der Waals surface area (Å²) in [5.41, 5.74) is 0.724. The fraction of sp³-hybridized carbons (Fsp3) is 0.300. The van der Waals surface area contributed by atoms with Gasteiger partial charge >= 0.3 is 11.9 Å². The molecule has 1 aromatic heterocycles. The number of anilines is 1. The number of carbonyl (C=O) groups is 2. The van der Waals surface area contributed by atoms with Gasteiger partial charge in [-0.25, -0.2) is 9.78 Å². The lowest BCUT2D eigenvalue weighted by molar-refractivity contribution is -0.152. The van der Waals surface area contributed by atoms with Gasteiger partial charge in [0.2, 0.25) is 0 Å². The first-order valence-corrected chi connectivity index (χ1v) is 5.45. The molecular weight excluding hydrogens is 276 g/mol. The third-order valence-electron chi connectivity index (χ3n) is 1.72. The number of nitrogens with one attached hydrogen (secondary N) is 1. The fourth-order valence-corrected chi connectivity index (χ4v) is 1.20. The summed E-state index contributed by atoms with van der Waals surface area (Å²) in [6.07, 6.45) is 0. The first kappa shape index (κ1) is 12.6. The van der Waals surface area contributed by atoms with Crippen molar-refractivity contribution in [1.29, 1.82) is 0 Å². The Balaban J connectivity index is 2.70. The van der Waals surface area contributed by atoms with Crippen molar-refractivity contribution in [2.75, 3.05) is 11.9 Å². The normalized spacial score (nSPS) is 9.69. The SMILES string of the molecule is CCOC(=O)C(=O)Nc1ccc(Br)c(C)n1.